The fourth-order valence-corrected chi connectivity index (χ4v) is 9.23. The van der Waals surface area contributed by atoms with E-state index in [-0.39, 0.29) is 30.1 Å². The summed E-state index contributed by atoms with van der Waals surface area (Å²) in [6.45, 7) is 7.71. The SMILES string of the molecule is Cc1c(CN2CCC(Nc3ncnc4sc(CC(F)(F)F)cc34)CC2)ccc2c1cc(C#N)n2C[C@H](C)N1CCN(S(C)(=O)=O)[C@@H](C(N)=O)C1. The Morgan fingerprint density at radius 1 is 1.16 bits per heavy atom. The number of aryl methyl sites for hydroxylation is 1. The van der Waals surface area contributed by atoms with E-state index in [9.17, 15) is 31.6 Å². The number of halogens is 3. The number of rotatable bonds is 10. The van der Waals surface area contributed by atoms with E-state index in [0.717, 1.165) is 76.4 Å². The Bertz CT molecular complexity index is 2050. The summed E-state index contributed by atoms with van der Waals surface area (Å²) in [5.41, 5.74) is 9.29. The van der Waals surface area contributed by atoms with Gasteiger partial charge in [-0.25, -0.2) is 18.4 Å². The number of nitrogens with two attached hydrogens (primary N) is 1. The standard InChI is InChI=1S/C33H40F3N9O3S2/c1-20(43-10-11-45(50(3,47)48)29(18-43)30(38)46)16-44-24(15-37)12-26-21(2)22(4-5-28(26)44)17-42-8-6-23(7-9-42)41-31-27-13-25(14-33(34,35)36)49-32(27)40-19-39-31/h4-5,12-13,19-20,23,29H,6-11,14,16-18H2,1-3H3,(H2,38,46)(H,39,40,41)/t20-,29+/m0/s1. The number of likely N-dealkylation sites (tertiary alicyclic amines) is 1. The second kappa shape index (κ2) is 14.1. The van der Waals surface area contributed by atoms with Gasteiger partial charge in [-0.3, -0.25) is 14.6 Å². The van der Waals surface area contributed by atoms with E-state index >= 15 is 0 Å². The van der Waals surface area contributed by atoms with Gasteiger partial charge in [0.1, 0.15) is 34.8 Å². The number of fused-ring (bicyclic) bond motifs is 2. The van der Waals surface area contributed by atoms with E-state index in [1.807, 2.05) is 28.5 Å². The summed E-state index contributed by atoms with van der Waals surface area (Å²) in [6, 6.07) is 9.00. The third-order valence-electron chi connectivity index (χ3n) is 9.85. The summed E-state index contributed by atoms with van der Waals surface area (Å²) in [7, 11) is -3.59. The third-order valence-corrected chi connectivity index (χ3v) is 12.2. The molecule has 12 nitrogen and oxygen atoms in total. The lowest BCUT2D eigenvalue weighted by Gasteiger charge is -2.41. The zero-order chi connectivity index (χ0) is 36.0. The van der Waals surface area contributed by atoms with Crippen molar-refractivity contribution >= 4 is 54.2 Å². The van der Waals surface area contributed by atoms with Crippen LogP contribution in [0.5, 0.6) is 0 Å². The van der Waals surface area contributed by atoms with Crippen LogP contribution in [0.15, 0.2) is 30.6 Å². The number of nitrogens with zero attached hydrogens (tertiary/aromatic N) is 7. The second-order valence-electron chi connectivity index (χ2n) is 13.3. The van der Waals surface area contributed by atoms with E-state index in [2.05, 4.69) is 39.2 Å². The van der Waals surface area contributed by atoms with Gasteiger partial charge in [0, 0.05) is 73.7 Å². The van der Waals surface area contributed by atoms with Crippen molar-refractivity contribution in [1.82, 2.24) is 28.6 Å². The van der Waals surface area contributed by atoms with E-state index in [0.29, 0.717) is 34.8 Å². The van der Waals surface area contributed by atoms with E-state index < -0.39 is 34.6 Å². The Morgan fingerprint density at radius 3 is 2.56 bits per heavy atom. The van der Waals surface area contributed by atoms with E-state index in [1.54, 1.807) is 0 Å². The highest BCUT2D eigenvalue weighted by molar-refractivity contribution is 7.88. The Hall–Kier alpha value is -3.82. The summed E-state index contributed by atoms with van der Waals surface area (Å²) < 4.78 is 66.5. The van der Waals surface area contributed by atoms with E-state index in [1.165, 1.54) is 12.4 Å². The first-order chi connectivity index (χ1) is 23.6. The number of alkyl halides is 3. The molecule has 0 spiro atoms. The Kier molecular flexibility index (Phi) is 10.1. The number of sulfonamides is 1. The molecule has 2 fully saturated rings. The number of piperazine rings is 1. The van der Waals surface area contributed by atoms with Crippen LogP contribution in [0.3, 0.4) is 0 Å². The molecule has 0 unspecified atom stereocenters. The minimum atomic E-state index is -4.28. The number of anilines is 1. The van der Waals surface area contributed by atoms with Crippen molar-refractivity contribution in [2.45, 2.75) is 70.5 Å². The molecule has 2 aliphatic rings. The summed E-state index contributed by atoms with van der Waals surface area (Å²) in [4.78, 5) is 25.8. The maximum atomic E-state index is 13.0. The first-order valence-electron chi connectivity index (χ1n) is 16.4. The van der Waals surface area contributed by atoms with Crippen LogP contribution < -0.4 is 11.1 Å². The molecule has 0 bridgehead atoms. The first kappa shape index (κ1) is 36.0. The van der Waals surface area contributed by atoms with Crippen molar-refractivity contribution in [2.75, 3.05) is 44.3 Å². The molecule has 6 rings (SSSR count). The Labute approximate surface area is 292 Å². The van der Waals surface area contributed by atoms with Gasteiger partial charge in [-0.2, -0.15) is 22.7 Å². The van der Waals surface area contributed by atoms with Gasteiger partial charge in [0.05, 0.1) is 18.1 Å². The smallest absolute Gasteiger partial charge is 0.368 e. The molecular formula is C33H40F3N9O3S2. The molecule has 3 aromatic heterocycles. The summed E-state index contributed by atoms with van der Waals surface area (Å²) in [5.74, 6) is -0.123. The lowest BCUT2D eigenvalue weighted by atomic mass is 10.0. The maximum Gasteiger partial charge on any atom is 0.393 e. The van der Waals surface area contributed by atoms with Crippen LogP contribution in [0, 0.1) is 18.3 Å². The molecule has 5 heterocycles. The minimum absolute atomic E-state index is 0.101. The van der Waals surface area contributed by atoms with Crippen LogP contribution in [-0.2, 0) is 34.3 Å². The molecule has 1 aromatic carbocycles. The van der Waals surface area contributed by atoms with Crippen molar-refractivity contribution in [3.05, 3.63) is 52.3 Å². The molecule has 4 aromatic rings. The lowest BCUT2D eigenvalue weighted by molar-refractivity contribution is -0.126. The van der Waals surface area contributed by atoms with Crippen molar-refractivity contribution in [3.8, 4) is 6.07 Å². The normalized spacial score (nSPS) is 19.6. The zero-order valence-corrected chi connectivity index (χ0v) is 29.7. The topological polar surface area (TPSA) is 153 Å². The molecule has 268 valence electrons. The van der Waals surface area contributed by atoms with Crippen LogP contribution in [-0.4, -0.2) is 106 Å². The van der Waals surface area contributed by atoms with Crippen LogP contribution in [0.4, 0.5) is 19.0 Å². The minimum Gasteiger partial charge on any atom is -0.368 e. The first-order valence-corrected chi connectivity index (χ1v) is 19.1. The molecule has 0 radical (unpaired) electrons. The number of nitrogens with one attached hydrogen (secondary N) is 1. The van der Waals surface area contributed by atoms with Gasteiger partial charge in [0.25, 0.3) is 0 Å². The summed E-state index contributed by atoms with van der Waals surface area (Å²) in [6.07, 6.45) is -1.11. The highest BCUT2D eigenvalue weighted by Gasteiger charge is 2.38. The Balaban J connectivity index is 1.10. The van der Waals surface area contributed by atoms with Gasteiger partial charge in [-0.1, -0.05) is 6.07 Å². The number of piperidine rings is 1. The monoisotopic (exact) mass is 731 g/mol. The van der Waals surface area contributed by atoms with Gasteiger partial charge in [0.15, 0.2) is 0 Å². The number of aromatic nitrogens is 3. The van der Waals surface area contributed by atoms with E-state index in [4.69, 9.17) is 5.73 Å². The lowest BCUT2D eigenvalue weighted by Crippen LogP contribution is -2.61. The molecule has 1 amide bonds. The zero-order valence-electron chi connectivity index (χ0n) is 28.1. The summed E-state index contributed by atoms with van der Waals surface area (Å²) in [5, 5.41) is 15.1. The Morgan fingerprint density at radius 2 is 1.90 bits per heavy atom. The van der Waals surface area contributed by atoms with Crippen LogP contribution in [0.1, 0.15) is 41.5 Å². The number of primary amides is 1. The number of benzene rings is 1. The molecule has 50 heavy (non-hydrogen) atoms. The van der Waals surface area contributed by atoms with Crippen LogP contribution in [0.2, 0.25) is 0 Å². The highest BCUT2D eigenvalue weighted by atomic mass is 32.2. The predicted octanol–water partition coefficient (Wildman–Crippen LogP) is 3.83. The van der Waals surface area contributed by atoms with Gasteiger partial charge in [-0.15, -0.1) is 11.3 Å². The quantitative estimate of drug-likeness (QED) is 0.248. The van der Waals surface area contributed by atoms with Gasteiger partial charge < -0.3 is 15.6 Å². The van der Waals surface area contributed by atoms with Crippen LogP contribution in [0.25, 0.3) is 21.1 Å². The predicted molar refractivity (Wildman–Crippen MR) is 186 cm³/mol. The molecule has 3 N–H and O–H groups in total. The molecule has 0 saturated carbocycles. The second-order valence-corrected chi connectivity index (χ2v) is 16.4. The molecule has 2 saturated heterocycles. The molecule has 2 aliphatic heterocycles. The van der Waals surface area contributed by atoms with Gasteiger partial charge in [-0.05, 0) is 56.0 Å². The third kappa shape index (κ3) is 7.74. The maximum absolute atomic E-state index is 13.0. The average molecular weight is 732 g/mol. The van der Waals surface area contributed by atoms with Gasteiger partial charge >= 0.3 is 6.18 Å². The van der Waals surface area contributed by atoms with Crippen molar-refractivity contribution < 1.29 is 26.4 Å². The molecule has 2 atom stereocenters. The van der Waals surface area contributed by atoms with Crippen molar-refractivity contribution in [2.24, 2.45) is 5.73 Å². The van der Waals surface area contributed by atoms with Crippen LogP contribution >= 0.6 is 11.3 Å². The molecule has 17 heteroatoms. The molecule has 0 aliphatic carbocycles. The number of carbonyl (C=O) groups excluding carboxylic acids is 1. The fraction of sp³-hybridized carbons (Fsp3) is 0.515. The molecular weight excluding hydrogens is 692 g/mol. The number of thiophene rings is 1. The number of carbonyl (C=O) groups is 1. The highest BCUT2D eigenvalue weighted by Crippen LogP contribution is 2.34. The summed E-state index contributed by atoms with van der Waals surface area (Å²) >= 11 is 1.04. The number of hydrogen-bond acceptors (Lipinski definition) is 10. The number of hydrogen-bond donors (Lipinski definition) is 2. The number of nitriles is 1. The average Bonchev–Trinajstić information content (AvgIpc) is 3.63. The largest absolute Gasteiger partial charge is 0.393 e. The van der Waals surface area contributed by atoms with Gasteiger partial charge in [0.2, 0.25) is 15.9 Å². The fourth-order valence-electron chi connectivity index (χ4n) is 7.15. The van der Waals surface area contributed by atoms with Crippen molar-refractivity contribution in [1.29, 1.82) is 5.26 Å². The number of amides is 1. The van der Waals surface area contributed by atoms with Crippen molar-refractivity contribution in [3.63, 3.8) is 0 Å².